The van der Waals surface area contributed by atoms with Crippen molar-refractivity contribution in [2.24, 2.45) is 0 Å². The van der Waals surface area contributed by atoms with Gasteiger partial charge >= 0.3 is 0 Å². The highest BCUT2D eigenvalue weighted by atomic mass is 16.5. The van der Waals surface area contributed by atoms with Crippen molar-refractivity contribution in [3.8, 4) is 0 Å². The molecule has 0 spiro atoms. The Hall–Kier alpha value is -2.18. The topological polar surface area (TPSA) is 77.1 Å². The van der Waals surface area contributed by atoms with Crippen LogP contribution in [0.2, 0.25) is 0 Å². The van der Waals surface area contributed by atoms with Gasteiger partial charge in [0, 0.05) is 13.1 Å². The third kappa shape index (κ3) is 2.95. The van der Waals surface area contributed by atoms with Gasteiger partial charge in [0.25, 0.3) is 5.91 Å². The summed E-state index contributed by atoms with van der Waals surface area (Å²) in [6.45, 7) is 11.5. The highest BCUT2D eigenvalue weighted by Crippen LogP contribution is 2.28. The van der Waals surface area contributed by atoms with Crippen LogP contribution in [0.25, 0.3) is 0 Å². The van der Waals surface area contributed by atoms with Gasteiger partial charge in [-0.2, -0.15) is 10.1 Å². The predicted molar refractivity (Wildman–Crippen MR) is 88.9 cm³/mol. The van der Waals surface area contributed by atoms with Crippen LogP contribution in [0.4, 0.5) is 0 Å². The molecule has 130 valence electrons. The third-order valence-corrected chi connectivity index (χ3v) is 4.44. The molecule has 1 fully saturated rings. The number of aryl methyl sites for hydroxylation is 1. The van der Waals surface area contributed by atoms with E-state index in [9.17, 15) is 4.79 Å². The Balaban J connectivity index is 1.79. The van der Waals surface area contributed by atoms with Gasteiger partial charge in [0.15, 0.2) is 5.82 Å². The highest BCUT2D eigenvalue weighted by molar-refractivity contribution is 5.95. The van der Waals surface area contributed by atoms with E-state index in [-0.39, 0.29) is 17.4 Å². The van der Waals surface area contributed by atoms with E-state index >= 15 is 0 Å². The summed E-state index contributed by atoms with van der Waals surface area (Å²) < 4.78 is 7.21. The summed E-state index contributed by atoms with van der Waals surface area (Å²) in [7, 11) is 0. The molecule has 0 aromatic carbocycles. The first-order valence-electron chi connectivity index (χ1n) is 8.48. The molecule has 1 unspecified atom stereocenters. The van der Waals surface area contributed by atoms with Crippen LogP contribution in [0.3, 0.4) is 0 Å². The molecule has 24 heavy (non-hydrogen) atoms. The first-order chi connectivity index (χ1) is 11.3. The zero-order valence-electron chi connectivity index (χ0n) is 15.0. The lowest BCUT2D eigenvalue weighted by Crippen LogP contribution is -2.30. The van der Waals surface area contributed by atoms with Gasteiger partial charge in [-0.05, 0) is 40.5 Å². The Kier molecular flexibility index (Phi) is 4.19. The lowest BCUT2D eigenvalue weighted by molar-refractivity contribution is 0.0788. The first kappa shape index (κ1) is 16.7. The second kappa shape index (κ2) is 6.03. The van der Waals surface area contributed by atoms with Crippen LogP contribution in [0, 0.1) is 6.92 Å². The van der Waals surface area contributed by atoms with E-state index in [0.29, 0.717) is 30.4 Å². The number of rotatable bonds is 3. The molecule has 3 rings (SSSR count). The standard InChI is InChI=1S/C17H25N5O2/c1-6-14-13(9-18-22(14)17(3,4)5)16(23)21-8-7-12(10-21)15-19-11(2)20-24-15/h9,12H,6-8,10H2,1-5H3. The van der Waals surface area contributed by atoms with Crippen molar-refractivity contribution in [3.63, 3.8) is 0 Å². The average molecular weight is 331 g/mol. The van der Waals surface area contributed by atoms with Gasteiger partial charge in [-0.25, -0.2) is 0 Å². The van der Waals surface area contributed by atoms with E-state index in [1.807, 2.05) is 9.58 Å². The largest absolute Gasteiger partial charge is 0.339 e. The van der Waals surface area contributed by atoms with Crippen LogP contribution in [0.5, 0.6) is 0 Å². The predicted octanol–water partition coefficient (Wildman–Crippen LogP) is 2.52. The summed E-state index contributed by atoms with van der Waals surface area (Å²) in [5.41, 5.74) is 1.55. The summed E-state index contributed by atoms with van der Waals surface area (Å²) in [5, 5.41) is 8.30. The molecule has 1 amide bonds. The number of carbonyl (C=O) groups excluding carboxylic acids is 1. The van der Waals surface area contributed by atoms with Crippen molar-refractivity contribution >= 4 is 5.91 Å². The molecule has 1 aliphatic heterocycles. The van der Waals surface area contributed by atoms with Crippen LogP contribution in [-0.4, -0.2) is 43.8 Å². The maximum atomic E-state index is 13.0. The quantitative estimate of drug-likeness (QED) is 0.863. The number of carbonyl (C=O) groups is 1. The molecule has 1 aliphatic rings. The second-order valence-electron chi connectivity index (χ2n) is 7.36. The van der Waals surface area contributed by atoms with Crippen LogP contribution >= 0.6 is 0 Å². The van der Waals surface area contributed by atoms with Crippen molar-refractivity contribution in [2.45, 2.75) is 58.9 Å². The van der Waals surface area contributed by atoms with Crippen LogP contribution < -0.4 is 0 Å². The van der Waals surface area contributed by atoms with Gasteiger partial charge in [0.1, 0.15) is 0 Å². The van der Waals surface area contributed by atoms with E-state index in [1.165, 1.54) is 0 Å². The molecule has 3 heterocycles. The van der Waals surface area contributed by atoms with Gasteiger partial charge in [-0.15, -0.1) is 0 Å². The summed E-state index contributed by atoms with van der Waals surface area (Å²) in [4.78, 5) is 19.1. The minimum absolute atomic E-state index is 0.0427. The molecule has 1 saturated heterocycles. The number of amides is 1. The lowest BCUT2D eigenvalue weighted by atomic mass is 10.1. The smallest absolute Gasteiger partial charge is 0.257 e. The lowest BCUT2D eigenvalue weighted by Gasteiger charge is -2.23. The number of hydrogen-bond donors (Lipinski definition) is 0. The number of hydrogen-bond acceptors (Lipinski definition) is 5. The Bertz CT molecular complexity index is 740. The first-order valence-corrected chi connectivity index (χ1v) is 8.48. The monoisotopic (exact) mass is 331 g/mol. The molecular weight excluding hydrogens is 306 g/mol. The van der Waals surface area contributed by atoms with E-state index in [0.717, 1.165) is 18.5 Å². The van der Waals surface area contributed by atoms with Crippen molar-refractivity contribution in [2.75, 3.05) is 13.1 Å². The summed E-state index contributed by atoms with van der Waals surface area (Å²) >= 11 is 0. The van der Waals surface area contributed by atoms with Crippen molar-refractivity contribution in [3.05, 3.63) is 29.2 Å². The Morgan fingerprint density at radius 2 is 2.17 bits per heavy atom. The molecule has 0 aliphatic carbocycles. The summed E-state index contributed by atoms with van der Waals surface area (Å²) in [5.74, 6) is 1.43. The minimum atomic E-state index is -0.140. The average Bonchev–Trinajstić information content (AvgIpc) is 3.23. The van der Waals surface area contributed by atoms with Crippen molar-refractivity contribution in [1.82, 2.24) is 24.8 Å². The Labute approximate surface area is 142 Å². The number of aromatic nitrogens is 4. The van der Waals surface area contributed by atoms with Gasteiger partial charge in [0.05, 0.1) is 28.9 Å². The molecule has 2 aromatic rings. The summed E-state index contributed by atoms with van der Waals surface area (Å²) in [6.07, 6.45) is 3.33. The normalized spacial score (nSPS) is 18.4. The number of likely N-dealkylation sites (tertiary alicyclic amines) is 1. The molecule has 0 saturated carbocycles. The zero-order valence-corrected chi connectivity index (χ0v) is 15.0. The van der Waals surface area contributed by atoms with Crippen LogP contribution in [-0.2, 0) is 12.0 Å². The van der Waals surface area contributed by atoms with E-state index in [4.69, 9.17) is 4.52 Å². The van der Waals surface area contributed by atoms with Gasteiger partial charge < -0.3 is 9.42 Å². The molecule has 0 N–H and O–H groups in total. The van der Waals surface area contributed by atoms with Crippen LogP contribution in [0.15, 0.2) is 10.7 Å². The fraction of sp³-hybridized carbons (Fsp3) is 0.647. The fourth-order valence-corrected chi connectivity index (χ4v) is 3.27. The molecule has 7 nitrogen and oxygen atoms in total. The highest BCUT2D eigenvalue weighted by Gasteiger charge is 2.33. The Morgan fingerprint density at radius 3 is 2.75 bits per heavy atom. The van der Waals surface area contributed by atoms with Gasteiger partial charge in [0.2, 0.25) is 5.89 Å². The number of nitrogens with zero attached hydrogens (tertiary/aromatic N) is 5. The third-order valence-electron chi connectivity index (χ3n) is 4.44. The minimum Gasteiger partial charge on any atom is -0.339 e. The molecule has 0 radical (unpaired) electrons. The van der Waals surface area contributed by atoms with Crippen molar-refractivity contribution in [1.29, 1.82) is 0 Å². The fourth-order valence-electron chi connectivity index (χ4n) is 3.27. The van der Waals surface area contributed by atoms with Gasteiger partial charge in [-0.1, -0.05) is 12.1 Å². The second-order valence-corrected chi connectivity index (χ2v) is 7.36. The van der Waals surface area contributed by atoms with Gasteiger partial charge in [-0.3, -0.25) is 9.48 Å². The summed E-state index contributed by atoms with van der Waals surface area (Å²) in [6, 6.07) is 0. The van der Waals surface area contributed by atoms with E-state index in [1.54, 1.807) is 13.1 Å². The molecule has 0 bridgehead atoms. The Morgan fingerprint density at radius 1 is 1.42 bits per heavy atom. The van der Waals surface area contributed by atoms with E-state index < -0.39 is 0 Å². The maximum Gasteiger partial charge on any atom is 0.257 e. The molecule has 7 heteroatoms. The molecule has 1 atom stereocenters. The van der Waals surface area contributed by atoms with Crippen LogP contribution in [0.1, 0.15) is 67.8 Å². The zero-order chi connectivity index (χ0) is 17.5. The SMILES string of the molecule is CCc1c(C(=O)N2CCC(c3nc(C)no3)C2)cnn1C(C)(C)C. The van der Waals surface area contributed by atoms with E-state index in [2.05, 4.69) is 42.9 Å². The molecular formula is C17H25N5O2. The maximum absolute atomic E-state index is 13.0. The molecule has 2 aromatic heterocycles. The van der Waals surface area contributed by atoms with Crippen molar-refractivity contribution < 1.29 is 9.32 Å².